The quantitative estimate of drug-likeness (QED) is 0.494. The lowest BCUT2D eigenvalue weighted by molar-refractivity contribution is 0.340. The van der Waals surface area contributed by atoms with Crippen LogP contribution in [-0.4, -0.2) is 23.3 Å². The lowest BCUT2D eigenvalue weighted by Crippen LogP contribution is -2.37. The molecule has 0 spiro atoms. The highest BCUT2D eigenvalue weighted by molar-refractivity contribution is 7.89. The molecule has 28 heavy (non-hydrogen) atoms. The van der Waals surface area contributed by atoms with Crippen LogP contribution in [0.2, 0.25) is 10.0 Å². The first-order valence-electron chi connectivity index (χ1n) is 8.94. The molecule has 0 amide bonds. The van der Waals surface area contributed by atoms with Gasteiger partial charge in [-0.25, -0.2) is 8.42 Å². The SMILES string of the molecule is CC(C)N(Cc1cccn1Cc1ccccc1)S(=O)(=O)c1cc(Cl)ccc1Cl. The van der Waals surface area contributed by atoms with Gasteiger partial charge >= 0.3 is 0 Å². The van der Waals surface area contributed by atoms with Crippen LogP contribution in [0.15, 0.2) is 71.8 Å². The van der Waals surface area contributed by atoms with E-state index in [1.54, 1.807) is 6.07 Å². The lowest BCUT2D eigenvalue weighted by Gasteiger charge is -2.27. The second-order valence-electron chi connectivity index (χ2n) is 6.83. The van der Waals surface area contributed by atoms with Gasteiger partial charge in [0.15, 0.2) is 0 Å². The monoisotopic (exact) mass is 436 g/mol. The average Bonchev–Trinajstić information content (AvgIpc) is 3.09. The van der Waals surface area contributed by atoms with Crippen LogP contribution in [0.4, 0.5) is 0 Å². The van der Waals surface area contributed by atoms with Crippen molar-refractivity contribution in [3.05, 3.63) is 88.2 Å². The Morgan fingerprint density at radius 2 is 1.71 bits per heavy atom. The Labute approximate surface area is 176 Å². The highest BCUT2D eigenvalue weighted by Crippen LogP contribution is 2.29. The van der Waals surface area contributed by atoms with E-state index in [-0.39, 0.29) is 22.5 Å². The number of hydrogen-bond acceptors (Lipinski definition) is 2. The molecule has 0 aliphatic rings. The van der Waals surface area contributed by atoms with Crippen LogP contribution in [0.25, 0.3) is 0 Å². The van der Waals surface area contributed by atoms with Crippen molar-refractivity contribution in [1.82, 2.24) is 8.87 Å². The third kappa shape index (κ3) is 4.61. The summed E-state index contributed by atoms with van der Waals surface area (Å²) >= 11 is 12.2. The Morgan fingerprint density at radius 3 is 2.39 bits per heavy atom. The Bertz CT molecular complexity index is 1050. The summed E-state index contributed by atoms with van der Waals surface area (Å²) in [6, 6.07) is 18.2. The zero-order valence-electron chi connectivity index (χ0n) is 15.7. The molecule has 3 aromatic rings. The van der Waals surface area contributed by atoms with Crippen LogP contribution in [-0.2, 0) is 23.1 Å². The van der Waals surface area contributed by atoms with Gasteiger partial charge in [-0.1, -0.05) is 53.5 Å². The summed E-state index contributed by atoms with van der Waals surface area (Å²) in [6.45, 7) is 4.61. The largest absolute Gasteiger partial charge is 0.346 e. The van der Waals surface area contributed by atoms with Gasteiger partial charge in [0, 0.05) is 29.5 Å². The highest BCUT2D eigenvalue weighted by atomic mass is 35.5. The van der Waals surface area contributed by atoms with Gasteiger partial charge in [-0.05, 0) is 49.7 Å². The van der Waals surface area contributed by atoms with Gasteiger partial charge in [0.05, 0.1) is 11.6 Å². The molecule has 148 valence electrons. The smallest absolute Gasteiger partial charge is 0.245 e. The molecule has 0 unspecified atom stereocenters. The van der Waals surface area contributed by atoms with E-state index in [9.17, 15) is 8.42 Å². The van der Waals surface area contributed by atoms with Crippen molar-refractivity contribution in [3.63, 3.8) is 0 Å². The summed E-state index contributed by atoms with van der Waals surface area (Å²) in [5.74, 6) is 0. The van der Waals surface area contributed by atoms with Gasteiger partial charge in [-0.2, -0.15) is 4.31 Å². The molecule has 7 heteroatoms. The topological polar surface area (TPSA) is 42.3 Å². The van der Waals surface area contributed by atoms with Gasteiger partial charge in [0.25, 0.3) is 0 Å². The molecule has 0 bridgehead atoms. The fourth-order valence-electron chi connectivity index (χ4n) is 3.03. The van der Waals surface area contributed by atoms with E-state index in [1.807, 2.05) is 62.5 Å². The van der Waals surface area contributed by atoms with Crippen LogP contribution in [0.5, 0.6) is 0 Å². The Kier molecular flexibility index (Phi) is 6.50. The first-order valence-corrected chi connectivity index (χ1v) is 11.1. The second kappa shape index (κ2) is 8.70. The number of hydrogen-bond donors (Lipinski definition) is 0. The van der Waals surface area contributed by atoms with Crippen LogP contribution in [0.3, 0.4) is 0 Å². The molecular weight excluding hydrogens is 415 g/mol. The maximum atomic E-state index is 13.3. The summed E-state index contributed by atoms with van der Waals surface area (Å²) in [4.78, 5) is 0.0246. The van der Waals surface area contributed by atoms with Crippen LogP contribution >= 0.6 is 23.2 Å². The summed E-state index contributed by atoms with van der Waals surface area (Å²) in [6.07, 6.45) is 1.96. The summed E-state index contributed by atoms with van der Waals surface area (Å²) in [5.41, 5.74) is 2.05. The van der Waals surface area contributed by atoms with Gasteiger partial charge in [-0.15, -0.1) is 0 Å². The molecular formula is C21H22Cl2N2O2S. The fourth-order valence-corrected chi connectivity index (χ4v) is 5.38. The first kappa shape index (κ1) is 20.9. The summed E-state index contributed by atoms with van der Waals surface area (Å²) in [5, 5.41) is 0.494. The van der Waals surface area contributed by atoms with Crippen molar-refractivity contribution in [2.24, 2.45) is 0 Å². The lowest BCUT2D eigenvalue weighted by atomic mass is 10.2. The zero-order chi connectivity index (χ0) is 20.3. The number of nitrogens with zero attached hydrogens (tertiary/aromatic N) is 2. The van der Waals surface area contributed by atoms with E-state index in [4.69, 9.17) is 23.2 Å². The Balaban J connectivity index is 1.93. The standard InChI is InChI=1S/C21H22Cl2N2O2S/c1-16(2)25(28(26,27)21-13-18(22)10-11-20(21)23)15-19-9-6-12-24(19)14-17-7-4-3-5-8-17/h3-13,16H,14-15H2,1-2H3. The molecule has 1 aromatic heterocycles. The van der Waals surface area contributed by atoms with Gasteiger partial charge in [0.2, 0.25) is 10.0 Å². The number of benzene rings is 2. The molecule has 0 saturated heterocycles. The number of aromatic nitrogens is 1. The minimum Gasteiger partial charge on any atom is -0.346 e. The summed E-state index contributed by atoms with van der Waals surface area (Å²) < 4.78 is 30.1. The number of rotatable bonds is 7. The van der Waals surface area contributed by atoms with Crippen LogP contribution in [0, 0.1) is 0 Å². The summed E-state index contributed by atoms with van der Waals surface area (Å²) in [7, 11) is -3.82. The van der Waals surface area contributed by atoms with E-state index in [0.717, 1.165) is 11.3 Å². The number of halogens is 2. The molecule has 0 aliphatic heterocycles. The molecule has 1 heterocycles. The Morgan fingerprint density at radius 1 is 1.00 bits per heavy atom. The van der Waals surface area contributed by atoms with Crippen molar-refractivity contribution in [1.29, 1.82) is 0 Å². The molecule has 0 atom stereocenters. The maximum absolute atomic E-state index is 13.3. The fraction of sp³-hybridized carbons (Fsp3) is 0.238. The highest BCUT2D eigenvalue weighted by Gasteiger charge is 2.30. The zero-order valence-corrected chi connectivity index (χ0v) is 18.0. The first-order chi connectivity index (χ1) is 13.3. The van der Waals surface area contributed by atoms with E-state index in [2.05, 4.69) is 4.57 Å². The molecule has 4 nitrogen and oxygen atoms in total. The molecule has 0 fully saturated rings. The van der Waals surface area contributed by atoms with E-state index >= 15 is 0 Å². The van der Waals surface area contributed by atoms with Gasteiger partial charge in [0.1, 0.15) is 4.90 Å². The third-order valence-electron chi connectivity index (χ3n) is 4.49. The Hall–Kier alpha value is -1.79. The van der Waals surface area contributed by atoms with Gasteiger partial charge < -0.3 is 4.57 Å². The van der Waals surface area contributed by atoms with Crippen molar-refractivity contribution in [2.45, 2.75) is 37.9 Å². The van der Waals surface area contributed by atoms with Crippen molar-refractivity contribution < 1.29 is 8.42 Å². The molecule has 2 aromatic carbocycles. The van der Waals surface area contributed by atoms with Crippen molar-refractivity contribution in [3.8, 4) is 0 Å². The average molecular weight is 437 g/mol. The van der Waals surface area contributed by atoms with E-state index < -0.39 is 10.0 Å². The van der Waals surface area contributed by atoms with Crippen molar-refractivity contribution >= 4 is 33.2 Å². The molecule has 0 saturated carbocycles. The van der Waals surface area contributed by atoms with Crippen molar-refractivity contribution in [2.75, 3.05) is 0 Å². The normalized spacial score (nSPS) is 12.1. The minimum atomic E-state index is -3.82. The predicted molar refractivity (Wildman–Crippen MR) is 114 cm³/mol. The van der Waals surface area contributed by atoms with Crippen LogP contribution in [0.1, 0.15) is 25.1 Å². The van der Waals surface area contributed by atoms with E-state index in [1.165, 1.54) is 16.4 Å². The molecule has 0 aliphatic carbocycles. The minimum absolute atomic E-state index is 0.0246. The molecule has 3 rings (SSSR count). The predicted octanol–water partition coefficient (Wildman–Crippen LogP) is 5.44. The molecule has 0 radical (unpaired) electrons. The second-order valence-corrected chi connectivity index (χ2v) is 9.53. The van der Waals surface area contributed by atoms with Gasteiger partial charge in [-0.3, -0.25) is 0 Å². The third-order valence-corrected chi connectivity index (χ3v) is 7.23. The van der Waals surface area contributed by atoms with E-state index in [0.29, 0.717) is 11.6 Å². The number of sulfonamides is 1. The van der Waals surface area contributed by atoms with Crippen LogP contribution < -0.4 is 0 Å². The molecule has 0 N–H and O–H groups in total. The maximum Gasteiger partial charge on any atom is 0.245 e.